The minimum atomic E-state index is -0.191. The Kier molecular flexibility index (Phi) is 5.14. The van der Waals surface area contributed by atoms with Crippen LogP contribution in [0.1, 0.15) is 17.0 Å². The molecule has 1 N–H and O–H groups in total. The molecular weight excluding hydrogens is 338 g/mol. The Balaban J connectivity index is 1.54. The molecule has 0 aliphatic rings. The maximum Gasteiger partial charge on any atom is 0.258 e. The van der Waals surface area contributed by atoms with Gasteiger partial charge in [0.25, 0.3) is 11.5 Å². The Morgan fingerprint density at radius 3 is 2.92 bits per heavy atom. The average molecular weight is 357 g/mol. The monoisotopic (exact) mass is 357 g/mol. The molecule has 0 aliphatic heterocycles. The van der Waals surface area contributed by atoms with Crippen molar-refractivity contribution in [3.63, 3.8) is 0 Å². The van der Waals surface area contributed by atoms with Crippen LogP contribution in [0.2, 0.25) is 0 Å². The number of carbonyl (C=O) groups excluding carboxylic acids is 1. The number of nitrogens with one attached hydrogen (secondary N) is 1. The van der Waals surface area contributed by atoms with E-state index in [0.29, 0.717) is 29.4 Å². The molecule has 0 spiro atoms. The number of ether oxygens (including phenoxy) is 1. The number of amides is 1. The Morgan fingerprint density at radius 2 is 2.12 bits per heavy atom. The summed E-state index contributed by atoms with van der Waals surface area (Å²) in [7, 11) is 0. The highest BCUT2D eigenvalue weighted by Gasteiger charge is 2.09. The zero-order valence-electron chi connectivity index (χ0n) is 14.1. The lowest BCUT2D eigenvalue weighted by Crippen LogP contribution is -2.31. The molecule has 1 aromatic carbocycles. The van der Waals surface area contributed by atoms with Gasteiger partial charge in [0, 0.05) is 35.8 Å². The maximum atomic E-state index is 12.1. The van der Waals surface area contributed by atoms with Crippen LogP contribution in [0.3, 0.4) is 0 Å². The zero-order chi connectivity index (χ0) is 17.8. The molecule has 3 rings (SSSR count). The molecular formula is C18H19N3O3S. The van der Waals surface area contributed by atoms with E-state index in [1.54, 1.807) is 11.3 Å². The van der Waals surface area contributed by atoms with Gasteiger partial charge in [-0.3, -0.25) is 14.0 Å². The van der Waals surface area contributed by atoms with Gasteiger partial charge in [-0.1, -0.05) is 18.2 Å². The van der Waals surface area contributed by atoms with Crippen LogP contribution >= 0.6 is 11.3 Å². The van der Waals surface area contributed by atoms with Crippen molar-refractivity contribution in [1.82, 2.24) is 14.7 Å². The van der Waals surface area contributed by atoms with Gasteiger partial charge in [-0.05, 0) is 25.5 Å². The molecule has 0 bridgehead atoms. The molecule has 0 fully saturated rings. The van der Waals surface area contributed by atoms with Crippen LogP contribution in [0.4, 0.5) is 0 Å². The Bertz CT molecular complexity index is 962. The van der Waals surface area contributed by atoms with Crippen molar-refractivity contribution >= 4 is 22.2 Å². The normalized spacial score (nSPS) is 10.8. The lowest BCUT2D eigenvalue weighted by molar-refractivity contribution is -0.123. The van der Waals surface area contributed by atoms with Crippen molar-refractivity contribution in [2.75, 3.05) is 13.2 Å². The fourth-order valence-corrected chi connectivity index (χ4v) is 3.47. The number of aromatic nitrogens is 2. The smallest absolute Gasteiger partial charge is 0.258 e. The van der Waals surface area contributed by atoms with E-state index in [9.17, 15) is 9.59 Å². The van der Waals surface area contributed by atoms with Crippen molar-refractivity contribution in [2.45, 2.75) is 20.3 Å². The highest BCUT2D eigenvalue weighted by molar-refractivity contribution is 7.15. The second-order valence-corrected chi connectivity index (χ2v) is 6.57. The second kappa shape index (κ2) is 7.48. The summed E-state index contributed by atoms with van der Waals surface area (Å²) in [6.07, 6.45) is 0.556. The molecule has 25 heavy (non-hydrogen) atoms. The van der Waals surface area contributed by atoms with Gasteiger partial charge >= 0.3 is 0 Å². The zero-order valence-corrected chi connectivity index (χ0v) is 14.9. The van der Waals surface area contributed by atoms with Crippen LogP contribution in [0.25, 0.3) is 4.96 Å². The van der Waals surface area contributed by atoms with E-state index >= 15 is 0 Å². The van der Waals surface area contributed by atoms with E-state index in [1.807, 2.05) is 36.6 Å². The highest BCUT2D eigenvalue weighted by Crippen LogP contribution is 2.16. The third-order valence-electron chi connectivity index (χ3n) is 3.76. The van der Waals surface area contributed by atoms with Crippen LogP contribution in [0.15, 0.2) is 40.5 Å². The first kappa shape index (κ1) is 17.2. The summed E-state index contributed by atoms with van der Waals surface area (Å²) in [5.74, 6) is 0.513. The standard InChI is InChI=1S/C18H19N3O3S/c1-12-5-3-4-6-15(12)24-10-16(22)19-8-7-14-11-25-18-20-13(2)9-17(23)21(14)18/h3-6,9,11H,7-8,10H2,1-2H3,(H,19,22). The van der Waals surface area contributed by atoms with Crippen LogP contribution in [0, 0.1) is 13.8 Å². The predicted molar refractivity (Wildman–Crippen MR) is 97.5 cm³/mol. The molecule has 3 aromatic rings. The van der Waals surface area contributed by atoms with Crippen LogP contribution in [-0.2, 0) is 11.2 Å². The summed E-state index contributed by atoms with van der Waals surface area (Å²) in [5, 5.41) is 4.71. The largest absolute Gasteiger partial charge is 0.484 e. The minimum absolute atomic E-state index is 0.0318. The van der Waals surface area contributed by atoms with E-state index in [0.717, 1.165) is 11.3 Å². The molecule has 2 heterocycles. The number of rotatable bonds is 6. The lowest BCUT2D eigenvalue weighted by Gasteiger charge is -2.09. The van der Waals surface area contributed by atoms with Crippen molar-refractivity contribution in [3.8, 4) is 5.75 Å². The average Bonchev–Trinajstić information content (AvgIpc) is 2.97. The van der Waals surface area contributed by atoms with E-state index in [-0.39, 0.29) is 18.1 Å². The molecule has 130 valence electrons. The van der Waals surface area contributed by atoms with Crippen LogP contribution < -0.4 is 15.6 Å². The third-order valence-corrected chi connectivity index (χ3v) is 4.63. The summed E-state index contributed by atoms with van der Waals surface area (Å²) in [4.78, 5) is 29.0. The maximum absolute atomic E-state index is 12.1. The number of carbonyl (C=O) groups is 1. The Labute approximate surface area is 149 Å². The van der Waals surface area contributed by atoms with E-state index in [1.165, 1.54) is 17.4 Å². The van der Waals surface area contributed by atoms with E-state index in [4.69, 9.17) is 4.74 Å². The number of nitrogens with zero attached hydrogens (tertiary/aromatic N) is 2. The van der Waals surface area contributed by atoms with Gasteiger partial charge in [0.2, 0.25) is 0 Å². The molecule has 0 unspecified atom stereocenters. The van der Waals surface area contributed by atoms with Gasteiger partial charge in [0.05, 0.1) is 0 Å². The molecule has 2 aromatic heterocycles. The first-order valence-corrected chi connectivity index (χ1v) is 8.84. The van der Waals surface area contributed by atoms with E-state index in [2.05, 4.69) is 10.3 Å². The second-order valence-electron chi connectivity index (χ2n) is 5.73. The van der Waals surface area contributed by atoms with Crippen molar-refractivity contribution in [1.29, 1.82) is 0 Å². The summed E-state index contributed by atoms with van der Waals surface area (Å²) < 4.78 is 7.10. The molecule has 0 saturated heterocycles. The molecule has 0 aliphatic carbocycles. The van der Waals surface area contributed by atoms with Gasteiger partial charge in [-0.2, -0.15) is 0 Å². The molecule has 7 heteroatoms. The molecule has 6 nitrogen and oxygen atoms in total. The predicted octanol–water partition coefficient (Wildman–Crippen LogP) is 2.11. The summed E-state index contributed by atoms with van der Waals surface area (Å²) in [5.41, 5.74) is 2.45. The molecule has 0 atom stereocenters. The number of thiazole rings is 1. The lowest BCUT2D eigenvalue weighted by atomic mass is 10.2. The summed E-state index contributed by atoms with van der Waals surface area (Å²) >= 11 is 1.42. The van der Waals surface area contributed by atoms with Crippen LogP contribution in [0.5, 0.6) is 5.75 Å². The first-order chi connectivity index (χ1) is 12.0. The number of benzene rings is 1. The number of fused-ring (bicyclic) bond motifs is 1. The van der Waals surface area contributed by atoms with Crippen molar-refractivity contribution < 1.29 is 9.53 Å². The van der Waals surface area contributed by atoms with Gasteiger partial charge < -0.3 is 10.1 Å². The van der Waals surface area contributed by atoms with Gasteiger partial charge in [0.1, 0.15) is 5.75 Å². The molecule has 0 radical (unpaired) electrons. The van der Waals surface area contributed by atoms with Gasteiger partial charge in [0.15, 0.2) is 11.6 Å². The van der Waals surface area contributed by atoms with Crippen molar-refractivity contribution in [3.05, 3.63) is 63.0 Å². The fourth-order valence-electron chi connectivity index (χ4n) is 2.50. The minimum Gasteiger partial charge on any atom is -0.484 e. The topological polar surface area (TPSA) is 72.7 Å². The van der Waals surface area contributed by atoms with Crippen LogP contribution in [-0.4, -0.2) is 28.4 Å². The first-order valence-electron chi connectivity index (χ1n) is 7.96. The molecule has 1 amide bonds. The summed E-state index contributed by atoms with van der Waals surface area (Å²) in [6, 6.07) is 9.07. The SMILES string of the molecule is Cc1cc(=O)n2c(CCNC(=O)COc3ccccc3C)csc2n1. The Hall–Kier alpha value is -2.67. The quantitative estimate of drug-likeness (QED) is 0.733. The van der Waals surface area contributed by atoms with Gasteiger partial charge in [-0.25, -0.2) is 4.98 Å². The number of hydrogen-bond acceptors (Lipinski definition) is 5. The number of aryl methyl sites for hydroxylation is 2. The van der Waals surface area contributed by atoms with Crippen molar-refractivity contribution in [2.24, 2.45) is 0 Å². The third kappa shape index (κ3) is 4.06. The molecule has 0 saturated carbocycles. The Morgan fingerprint density at radius 1 is 1.32 bits per heavy atom. The fraction of sp³-hybridized carbons (Fsp3) is 0.278. The number of hydrogen-bond donors (Lipinski definition) is 1. The van der Waals surface area contributed by atoms with Gasteiger partial charge in [-0.15, -0.1) is 11.3 Å². The highest BCUT2D eigenvalue weighted by atomic mass is 32.1. The van der Waals surface area contributed by atoms with E-state index < -0.39 is 0 Å². The summed E-state index contributed by atoms with van der Waals surface area (Å²) in [6.45, 7) is 4.13. The number of para-hydroxylation sites is 1.